The zero-order valence-electron chi connectivity index (χ0n) is 11.1. The largest absolute Gasteiger partial charge is 0.490 e. The third-order valence-electron chi connectivity index (χ3n) is 3.61. The minimum Gasteiger partial charge on any atom is -0.490 e. The standard InChI is InChI=1S/C14H20N2O.2ClH/c1-2-8-16(9-3-1)13-6-4-5-12-11-15-7-10-17-14(12)13;;/h4-6,15H,1-3,7-11H2;2*1H. The summed E-state index contributed by atoms with van der Waals surface area (Å²) >= 11 is 0. The maximum atomic E-state index is 5.93. The molecule has 2 aliphatic rings. The van der Waals surface area contributed by atoms with Crippen LogP contribution in [0.5, 0.6) is 5.75 Å². The summed E-state index contributed by atoms with van der Waals surface area (Å²) < 4.78 is 5.93. The number of benzene rings is 1. The number of hydrogen-bond donors (Lipinski definition) is 1. The summed E-state index contributed by atoms with van der Waals surface area (Å²) in [7, 11) is 0. The maximum Gasteiger partial charge on any atom is 0.147 e. The van der Waals surface area contributed by atoms with E-state index in [-0.39, 0.29) is 24.8 Å². The van der Waals surface area contributed by atoms with Gasteiger partial charge in [-0.05, 0) is 25.3 Å². The molecule has 108 valence electrons. The van der Waals surface area contributed by atoms with Crippen molar-refractivity contribution in [2.45, 2.75) is 25.8 Å². The predicted molar refractivity (Wildman–Crippen MR) is 84.2 cm³/mol. The van der Waals surface area contributed by atoms with Crippen molar-refractivity contribution in [2.75, 3.05) is 31.1 Å². The number of rotatable bonds is 1. The van der Waals surface area contributed by atoms with Gasteiger partial charge in [0.15, 0.2) is 0 Å². The molecule has 0 atom stereocenters. The number of halogens is 2. The smallest absolute Gasteiger partial charge is 0.147 e. The van der Waals surface area contributed by atoms with Crippen LogP contribution in [0.4, 0.5) is 5.69 Å². The van der Waals surface area contributed by atoms with Crippen molar-refractivity contribution >= 4 is 30.5 Å². The molecule has 0 aromatic heterocycles. The first-order valence-corrected chi connectivity index (χ1v) is 6.65. The molecule has 0 amide bonds. The number of piperidine rings is 1. The Hall–Kier alpha value is -0.640. The molecule has 0 spiro atoms. The number of nitrogens with zero attached hydrogens (tertiary/aromatic N) is 1. The van der Waals surface area contributed by atoms with Gasteiger partial charge in [-0.3, -0.25) is 0 Å². The molecule has 1 N–H and O–H groups in total. The second kappa shape index (κ2) is 7.83. The van der Waals surface area contributed by atoms with Gasteiger partial charge in [0.25, 0.3) is 0 Å². The summed E-state index contributed by atoms with van der Waals surface area (Å²) in [6.45, 7) is 4.99. The Bertz CT molecular complexity index is 395. The highest BCUT2D eigenvalue weighted by atomic mass is 35.5. The molecule has 19 heavy (non-hydrogen) atoms. The molecule has 2 heterocycles. The average Bonchev–Trinajstić information content (AvgIpc) is 2.64. The molecule has 3 nitrogen and oxygen atoms in total. The fourth-order valence-corrected chi connectivity index (χ4v) is 2.71. The molecule has 1 saturated heterocycles. The highest BCUT2D eigenvalue weighted by Gasteiger charge is 2.18. The fraction of sp³-hybridized carbons (Fsp3) is 0.571. The first-order valence-electron chi connectivity index (χ1n) is 6.65. The van der Waals surface area contributed by atoms with Crippen molar-refractivity contribution in [3.05, 3.63) is 23.8 Å². The van der Waals surface area contributed by atoms with Crippen LogP contribution >= 0.6 is 24.8 Å². The first kappa shape index (κ1) is 16.4. The Morgan fingerprint density at radius 1 is 1.05 bits per heavy atom. The highest BCUT2D eigenvalue weighted by molar-refractivity contribution is 5.85. The van der Waals surface area contributed by atoms with E-state index in [1.165, 1.54) is 43.6 Å². The molecule has 0 aliphatic carbocycles. The lowest BCUT2D eigenvalue weighted by Crippen LogP contribution is -2.29. The van der Waals surface area contributed by atoms with E-state index in [1.807, 2.05) is 0 Å². The SMILES string of the molecule is Cl.Cl.c1cc2c(c(N3CCCCC3)c1)OCCNC2. The molecule has 0 radical (unpaired) electrons. The maximum absolute atomic E-state index is 5.93. The summed E-state index contributed by atoms with van der Waals surface area (Å²) in [6, 6.07) is 6.52. The van der Waals surface area contributed by atoms with E-state index in [0.29, 0.717) is 0 Å². The molecular formula is C14H22Cl2N2O. The van der Waals surface area contributed by atoms with E-state index >= 15 is 0 Å². The number of nitrogens with one attached hydrogen (secondary N) is 1. The lowest BCUT2D eigenvalue weighted by Gasteiger charge is -2.30. The summed E-state index contributed by atoms with van der Waals surface area (Å²) in [5.41, 5.74) is 2.59. The van der Waals surface area contributed by atoms with Gasteiger partial charge < -0.3 is 15.0 Å². The van der Waals surface area contributed by atoms with Crippen LogP contribution in [0.1, 0.15) is 24.8 Å². The quantitative estimate of drug-likeness (QED) is 0.863. The Balaban J connectivity index is 0.000000902. The fourth-order valence-electron chi connectivity index (χ4n) is 2.71. The number of ether oxygens (including phenoxy) is 1. The van der Waals surface area contributed by atoms with Crippen LogP contribution in [0.15, 0.2) is 18.2 Å². The van der Waals surface area contributed by atoms with Gasteiger partial charge in [-0.15, -0.1) is 24.8 Å². The predicted octanol–water partition coefficient (Wildman–Crippen LogP) is 3.00. The zero-order chi connectivity index (χ0) is 11.5. The minimum absolute atomic E-state index is 0. The lowest BCUT2D eigenvalue weighted by molar-refractivity contribution is 0.325. The Labute approximate surface area is 127 Å². The van der Waals surface area contributed by atoms with Crippen molar-refractivity contribution in [3.63, 3.8) is 0 Å². The van der Waals surface area contributed by atoms with Crippen molar-refractivity contribution in [1.82, 2.24) is 5.32 Å². The Morgan fingerprint density at radius 2 is 1.84 bits per heavy atom. The molecule has 1 aromatic carbocycles. The van der Waals surface area contributed by atoms with Crippen molar-refractivity contribution in [3.8, 4) is 5.75 Å². The minimum atomic E-state index is 0. The number of anilines is 1. The van der Waals surface area contributed by atoms with Gasteiger partial charge in [0, 0.05) is 31.7 Å². The van der Waals surface area contributed by atoms with Crippen LogP contribution in [0.3, 0.4) is 0 Å². The normalized spacial score (nSPS) is 18.2. The van der Waals surface area contributed by atoms with Crippen molar-refractivity contribution in [2.24, 2.45) is 0 Å². The first-order chi connectivity index (χ1) is 8.45. The van der Waals surface area contributed by atoms with Gasteiger partial charge in [0.2, 0.25) is 0 Å². The zero-order valence-corrected chi connectivity index (χ0v) is 12.7. The third kappa shape index (κ3) is 3.68. The van der Waals surface area contributed by atoms with Gasteiger partial charge >= 0.3 is 0 Å². The number of para-hydroxylation sites is 1. The number of fused-ring (bicyclic) bond motifs is 1. The van der Waals surface area contributed by atoms with Crippen molar-refractivity contribution < 1.29 is 4.74 Å². The second-order valence-corrected chi connectivity index (χ2v) is 4.84. The van der Waals surface area contributed by atoms with Gasteiger partial charge in [-0.1, -0.05) is 12.1 Å². The van der Waals surface area contributed by atoms with Gasteiger partial charge in [0.1, 0.15) is 12.4 Å². The summed E-state index contributed by atoms with van der Waals surface area (Å²) in [6.07, 6.45) is 3.98. The van der Waals surface area contributed by atoms with E-state index in [1.54, 1.807) is 0 Å². The lowest BCUT2D eigenvalue weighted by atomic mass is 10.1. The van der Waals surface area contributed by atoms with Crippen LogP contribution in [0.2, 0.25) is 0 Å². The second-order valence-electron chi connectivity index (χ2n) is 4.84. The van der Waals surface area contributed by atoms with E-state index in [0.717, 1.165) is 25.4 Å². The van der Waals surface area contributed by atoms with Crippen LogP contribution in [-0.2, 0) is 6.54 Å². The molecule has 0 bridgehead atoms. The Kier molecular flexibility index (Phi) is 6.76. The van der Waals surface area contributed by atoms with Gasteiger partial charge in [0.05, 0.1) is 5.69 Å². The highest BCUT2D eigenvalue weighted by Crippen LogP contribution is 2.34. The molecule has 0 saturated carbocycles. The molecule has 0 unspecified atom stereocenters. The monoisotopic (exact) mass is 304 g/mol. The van der Waals surface area contributed by atoms with E-state index in [9.17, 15) is 0 Å². The van der Waals surface area contributed by atoms with Gasteiger partial charge in [-0.25, -0.2) is 0 Å². The van der Waals surface area contributed by atoms with Crippen LogP contribution in [0, 0.1) is 0 Å². The average molecular weight is 305 g/mol. The summed E-state index contributed by atoms with van der Waals surface area (Å²) in [4.78, 5) is 2.48. The van der Waals surface area contributed by atoms with E-state index in [2.05, 4.69) is 28.4 Å². The molecule has 1 fully saturated rings. The van der Waals surface area contributed by atoms with Crippen LogP contribution in [-0.4, -0.2) is 26.2 Å². The molecular weight excluding hydrogens is 283 g/mol. The molecule has 2 aliphatic heterocycles. The third-order valence-corrected chi connectivity index (χ3v) is 3.61. The molecule has 5 heteroatoms. The Morgan fingerprint density at radius 3 is 2.63 bits per heavy atom. The number of hydrogen-bond acceptors (Lipinski definition) is 3. The van der Waals surface area contributed by atoms with Crippen LogP contribution in [0.25, 0.3) is 0 Å². The van der Waals surface area contributed by atoms with Crippen molar-refractivity contribution in [1.29, 1.82) is 0 Å². The molecule has 1 aromatic rings. The molecule has 3 rings (SSSR count). The summed E-state index contributed by atoms with van der Waals surface area (Å²) in [5, 5.41) is 3.39. The van der Waals surface area contributed by atoms with Gasteiger partial charge in [-0.2, -0.15) is 0 Å². The van der Waals surface area contributed by atoms with E-state index in [4.69, 9.17) is 4.74 Å². The van der Waals surface area contributed by atoms with E-state index < -0.39 is 0 Å². The summed E-state index contributed by atoms with van der Waals surface area (Å²) in [5.74, 6) is 1.11. The topological polar surface area (TPSA) is 24.5 Å². The van der Waals surface area contributed by atoms with Crippen LogP contribution < -0.4 is 15.0 Å².